The molecule has 0 N–H and O–H groups in total. The van der Waals surface area contributed by atoms with E-state index < -0.39 is 0 Å². The van der Waals surface area contributed by atoms with Gasteiger partial charge in [-0.3, -0.25) is 0 Å². The number of hydrogen-bond donors (Lipinski definition) is 0. The van der Waals surface area contributed by atoms with Crippen LogP contribution in [0.3, 0.4) is 0 Å². The molecule has 0 aliphatic rings. The van der Waals surface area contributed by atoms with Crippen molar-refractivity contribution in [3.05, 3.63) is 59.2 Å². The summed E-state index contributed by atoms with van der Waals surface area (Å²) in [5.74, 6) is 0. The van der Waals surface area contributed by atoms with Crippen LogP contribution in [0, 0.1) is 20.8 Å². The molecular weight excluding hydrogens is 236 g/mol. The molecule has 1 aromatic heterocycles. The van der Waals surface area contributed by atoms with E-state index in [0.717, 1.165) is 0 Å². The Morgan fingerprint density at radius 2 is 1.61 bits per heavy atom. The number of thiophene rings is 1. The summed E-state index contributed by atoms with van der Waals surface area (Å²) >= 11 is 1.87. The highest BCUT2D eigenvalue weighted by Gasteiger charge is 2.05. The van der Waals surface area contributed by atoms with E-state index >= 15 is 0 Å². The summed E-state index contributed by atoms with van der Waals surface area (Å²) < 4.78 is 1.37. The number of hydrogen-bond acceptors (Lipinski definition) is 1. The lowest BCUT2D eigenvalue weighted by atomic mass is 10.1. The first-order chi connectivity index (χ1) is 8.63. The Hall–Kier alpha value is -1.60. The van der Waals surface area contributed by atoms with Crippen LogP contribution in [-0.2, 0) is 0 Å². The zero-order chi connectivity index (χ0) is 12.7. The second-order valence-corrected chi connectivity index (χ2v) is 6.03. The van der Waals surface area contributed by atoms with Crippen LogP contribution < -0.4 is 0 Å². The minimum absolute atomic E-state index is 1.33. The molecule has 90 valence electrons. The number of aryl methyl sites for hydroxylation is 3. The zero-order valence-electron chi connectivity index (χ0n) is 10.9. The molecule has 1 heterocycles. The van der Waals surface area contributed by atoms with Crippen LogP contribution in [0.1, 0.15) is 16.7 Å². The van der Waals surface area contributed by atoms with E-state index in [1.54, 1.807) is 0 Å². The molecule has 3 rings (SSSR count). The standard InChI is InChI=1S/C17H16S/c1-11-4-7-16-15(8-11)10-17(18-16)14-6-5-12(2)13(3)9-14/h4-10H,1-3H3. The van der Waals surface area contributed by atoms with Gasteiger partial charge in [0.2, 0.25) is 0 Å². The summed E-state index contributed by atoms with van der Waals surface area (Å²) in [5.41, 5.74) is 5.38. The molecule has 0 fully saturated rings. The van der Waals surface area contributed by atoms with Crippen LogP contribution in [0.5, 0.6) is 0 Å². The van der Waals surface area contributed by atoms with Crippen LogP contribution in [0.2, 0.25) is 0 Å². The minimum atomic E-state index is 1.33. The maximum Gasteiger partial charge on any atom is 0.0355 e. The van der Waals surface area contributed by atoms with E-state index in [0.29, 0.717) is 0 Å². The van der Waals surface area contributed by atoms with Gasteiger partial charge in [0.05, 0.1) is 0 Å². The molecule has 3 aromatic rings. The molecule has 0 bridgehead atoms. The summed E-state index contributed by atoms with van der Waals surface area (Å²) in [4.78, 5) is 1.36. The van der Waals surface area contributed by atoms with Crippen LogP contribution in [0.15, 0.2) is 42.5 Å². The van der Waals surface area contributed by atoms with Crippen molar-refractivity contribution in [1.82, 2.24) is 0 Å². The van der Waals surface area contributed by atoms with Crippen molar-refractivity contribution >= 4 is 21.4 Å². The Kier molecular flexibility index (Phi) is 2.71. The smallest absolute Gasteiger partial charge is 0.0355 e. The predicted octanol–water partition coefficient (Wildman–Crippen LogP) is 5.49. The highest BCUT2D eigenvalue weighted by Crippen LogP contribution is 2.34. The van der Waals surface area contributed by atoms with Crippen molar-refractivity contribution in [2.75, 3.05) is 0 Å². The normalized spacial score (nSPS) is 11.1. The molecule has 0 nitrogen and oxygen atoms in total. The van der Waals surface area contributed by atoms with Gasteiger partial charge in [-0.25, -0.2) is 0 Å². The van der Waals surface area contributed by atoms with E-state index in [1.165, 1.54) is 37.2 Å². The Balaban J connectivity index is 2.16. The van der Waals surface area contributed by atoms with Gasteiger partial charge in [-0.1, -0.05) is 35.9 Å². The average Bonchev–Trinajstić information content (AvgIpc) is 2.75. The molecule has 0 saturated heterocycles. The fraction of sp³-hybridized carbons (Fsp3) is 0.176. The van der Waals surface area contributed by atoms with Gasteiger partial charge in [0.15, 0.2) is 0 Å². The Labute approximate surface area is 112 Å². The maximum absolute atomic E-state index is 2.30. The van der Waals surface area contributed by atoms with Crippen LogP contribution in [0.25, 0.3) is 20.5 Å². The van der Waals surface area contributed by atoms with Crippen molar-refractivity contribution in [3.63, 3.8) is 0 Å². The minimum Gasteiger partial charge on any atom is -0.135 e. The van der Waals surface area contributed by atoms with Gasteiger partial charge in [-0.2, -0.15) is 0 Å². The first kappa shape index (κ1) is 11.5. The lowest BCUT2D eigenvalue weighted by molar-refractivity contribution is 1.34. The average molecular weight is 252 g/mol. The van der Waals surface area contributed by atoms with Gasteiger partial charge in [-0.15, -0.1) is 11.3 Å². The molecule has 0 amide bonds. The summed E-state index contributed by atoms with van der Waals surface area (Å²) in [6.07, 6.45) is 0. The monoisotopic (exact) mass is 252 g/mol. The molecule has 0 spiro atoms. The van der Waals surface area contributed by atoms with Gasteiger partial charge < -0.3 is 0 Å². The van der Waals surface area contributed by atoms with Gasteiger partial charge in [0.25, 0.3) is 0 Å². The summed E-state index contributed by atoms with van der Waals surface area (Å²) in [5, 5.41) is 1.35. The summed E-state index contributed by atoms with van der Waals surface area (Å²) in [7, 11) is 0. The quantitative estimate of drug-likeness (QED) is 0.537. The molecule has 0 atom stereocenters. The summed E-state index contributed by atoms with van der Waals surface area (Å²) in [6, 6.07) is 15.7. The first-order valence-corrected chi connectivity index (χ1v) is 7.03. The molecular formula is C17H16S. The van der Waals surface area contributed by atoms with Crippen LogP contribution >= 0.6 is 11.3 Å². The van der Waals surface area contributed by atoms with Crippen molar-refractivity contribution in [1.29, 1.82) is 0 Å². The van der Waals surface area contributed by atoms with Crippen LogP contribution in [0.4, 0.5) is 0 Å². The Morgan fingerprint density at radius 1 is 0.778 bits per heavy atom. The first-order valence-electron chi connectivity index (χ1n) is 6.21. The van der Waals surface area contributed by atoms with Crippen molar-refractivity contribution < 1.29 is 0 Å². The third kappa shape index (κ3) is 1.95. The molecule has 0 aliphatic heterocycles. The van der Waals surface area contributed by atoms with Crippen molar-refractivity contribution in [2.24, 2.45) is 0 Å². The van der Waals surface area contributed by atoms with Crippen LogP contribution in [-0.4, -0.2) is 0 Å². The molecule has 2 aromatic carbocycles. The lowest BCUT2D eigenvalue weighted by Crippen LogP contribution is -1.80. The molecule has 0 radical (unpaired) electrons. The second kappa shape index (κ2) is 4.25. The SMILES string of the molecule is Cc1ccc2sc(-c3ccc(C)c(C)c3)cc2c1. The Bertz CT molecular complexity index is 720. The van der Waals surface area contributed by atoms with Crippen molar-refractivity contribution in [2.45, 2.75) is 20.8 Å². The summed E-state index contributed by atoms with van der Waals surface area (Å²) in [6.45, 7) is 6.48. The topological polar surface area (TPSA) is 0 Å². The third-order valence-corrected chi connectivity index (χ3v) is 4.63. The fourth-order valence-electron chi connectivity index (χ4n) is 2.20. The lowest BCUT2D eigenvalue weighted by Gasteiger charge is -2.02. The largest absolute Gasteiger partial charge is 0.135 e. The van der Waals surface area contributed by atoms with Gasteiger partial charge in [-0.05, 0) is 55.0 Å². The molecule has 0 aliphatic carbocycles. The number of benzene rings is 2. The molecule has 0 unspecified atom stereocenters. The number of rotatable bonds is 1. The number of fused-ring (bicyclic) bond motifs is 1. The van der Waals surface area contributed by atoms with E-state index in [-0.39, 0.29) is 0 Å². The van der Waals surface area contributed by atoms with E-state index in [9.17, 15) is 0 Å². The highest BCUT2D eigenvalue weighted by molar-refractivity contribution is 7.22. The molecule has 18 heavy (non-hydrogen) atoms. The van der Waals surface area contributed by atoms with E-state index in [4.69, 9.17) is 0 Å². The second-order valence-electron chi connectivity index (χ2n) is 4.95. The molecule has 1 heteroatoms. The van der Waals surface area contributed by atoms with Gasteiger partial charge in [0, 0.05) is 9.58 Å². The zero-order valence-corrected chi connectivity index (χ0v) is 11.8. The predicted molar refractivity (Wildman–Crippen MR) is 81.5 cm³/mol. The maximum atomic E-state index is 2.30. The van der Waals surface area contributed by atoms with E-state index in [1.807, 2.05) is 11.3 Å². The van der Waals surface area contributed by atoms with Gasteiger partial charge in [0.1, 0.15) is 0 Å². The van der Waals surface area contributed by atoms with E-state index in [2.05, 4.69) is 63.2 Å². The van der Waals surface area contributed by atoms with Crippen molar-refractivity contribution in [3.8, 4) is 10.4 Å². The van der Waals surface area contributed by atoms with Gasteiger partial charge >= 0.3 is 0 Å². The Morgan fingerprint density at radius 3 is 2.39 bits per heavy atom. The highest BCUT2D eigenvalue weighted by atomic mass is 32.1. The molecule has 0 saturated carbocycles. The third-order valence-electron chi connectivity index (χ3n) is 3.46. The fourth-order valence-corrected chi connectivity index (χ4v) is 3.24.